The molecule has 0 aromatic heterocycles. The van der Waals surface area contributed by atoms with Crippen LogP contribution in [0.3, 0.4) is 0 Å². The number of sulfonamides is 1. The predicted molar refractivity (Wildman–Crippen MR) is 101 cm³/mol. The van der Waals surface area contributed by atoms with Crippen LogP contribution in [0.1, 0.15) is 29.3 Å². The summed E-state index contributed by atoms with van der Waals surface area (Å²) in [5.74, 6) is 0.245. The van der Waals surface area contributed by atoms with Crippen molar-refractivity contribution in [3.8, 4) is 11.5 Å². The number of nitrogens with zero attached hydrogens (tertiary/aromatic N) is 1. The number of benzene rings is 2. The molecule has 2 aromatic rings. The third-order valence-corrected chi connectivity index (χ3v) is 6.43. The Kier molecular flexibility index (Phi) is 4.96. The average molecular weight is 395 g/mol. The number of nitrogens with one attached hydrogen (secondary N) is 1. The maximum atomic E-state index is 12.8. The SMILES string of the molecule is CCCN(C)S(=O)(=O)c1cc2c(cc1Cl)Oc1cc(C)ccc1NC2=O. The Bertz CT molecular complexity index is 989. The number of carbonyl (C=O) groups excluding carboxylic acids is 1. The largest absolute Gasteiger partial charge is 0.454 e. The lowest BCUT2D eigenvalue weighted by molar-refractivity contribution is 0.102. The van der Waals surface area contributed by atoms with Crippen molar-refractivity contribution < 1.29 is 17.9 Å². The van der Waals surface area contributed by atoms with Gasteiger partial charge in [-0.25, -0.2) is 12.7 Å². The highest BCUT2D eigenvalue weighted by molar-refractivity contribution is 7.89. The van der Waals surface area contributed by atoms with Gasteiger partial charge in [0, 0.05) is 19.7 Å². The van der Waals surface area contributed by atoms with E-state index in [1.54, 1.807) is 12.1 Å². The Labute approximate surface area is 157 Å². The minimum Gasteiger partial charge on any atom is -0.454 e. The molecule has 0 aliphatic carbocycles. The van der Waals surface area contributed by atoms with E-state index in [1.807, 2.05) is 19.9 Å². The monoisotopic (exact) mass is 394 g/mol. The zero-order valence-corrected chi connectivity index (χ0v) is 16.2. The molecule has 0 saturated carbocycles. The fourth-order valence-electron chi connectivity index (χ4n) is 2.72. The van der Waals surface area contributed by atoms with Gasteiger partial charge in [-0.15, -0.1) is 0 Å². The van der Waals surface area contributed by atoms with Gasteiger partial charge < -0.3 is 10.1 Å². The maximum Gasteiger partial charge on any atom is 0.259 e. The van der Waals surface area contributed by atoms with E-state index in [9.17, 15) is 13.2 Å². The topological polar surface area (TPSA) is 75.7 Å². The molecule has 0 bridgehead atoms. The normalized spacial score (nSPS) is 13.5. The lowest BCUT2D eigenvalue weighted by atomic mass is 10.2. The number of hydrogen-bond acceptors (Lipinski definition) is 4. The van der Waals surface area contributed by atoms with E-state index < -0.39 is 15.9 Å². The summed E-state index contributed by atoms with van der Waals surface area (Å²) in [4.78, 5) is 12.5. The van der Waals surface area contributed by atoms with E-state index in [0.717, 1.165) is 5.56 Å². The number of rotatable bonds is 4. The molecule has 2 aromatic carbocycles. The van der Waals surface area contributed by atoms with Crippen molar-refractivity contribution in [3.63, 3.8) is 0 Å². The molecule has 1 aliphatic rings. The summed E-state index contributed by atoms with van der Waals surface area (Å²) in [5, 5.41) is 2.75. The van der Waals surface area contributed by atoms with E-state index in [-0.39, 0.29) is 21.2 Å². The first-order valence-electron chi connectivity index (χ1n) is 8.13. The van der Waals surface area contributed by atoms with Gasteiger partial charge in [0.1, 0.15) is 10.6 Å². The lowest BCUT2D eigenvalue weighted by Crippen LogP contribution is -2.28. The maximum absolute atomic E-state index is 12.8. The number of carbonyl (C=O) groups is 1. The van der Waals surface area contributed by atoms with Crippen LogP contribution in [0.5, 0.6) is 11.5 Å². The van der Waals surface area contributed by atoms with Crippen LogP contribution in [-0.4, -0.2) is 32.2 Å². The van der Waals surface area contributed by atoms with Crippen LogP contribution in [-0.2, 0) is 10.0 Å². The first-order chi connectivity index (χ1) is 12.2. The van der Waals surface area contributed by atoms with Gasteiger partial charge in [-0.2, -0.15) is 0 Å². The highest BCUT2D eigenvalue weighted by atomic mass is 35.5. The molecule has 0 fully saturated rings. The molecule has 0 spiro atoms. The molecule has 138 valence electrons. The van der Waals surface area contributed by atoms with Crippen LogP contribution in [0.2, 0.25) is 5.02 Å². The first kappa shape index (κ1) is 18.7. The smallest absolute Gasteiger partial charge is 0.259 e. The summed E-state index contributed by atoms with van der Waals surface area (Å²) in [6.07, 6.45) is 0.663. The van der Waals surface area contributed by atoms with Gasteiger partial charge in [0.2, 0.25) is 10.0 Å². The Morgan fingerprint density at radius 1 is 1.19 bits per heavy atom. The van der Waals surface area contributed by atoms with Crippen LogP contribution in [0, 0.1) is 6.92 Å². The van der Waals surface area contributed by atoms with Crippen LogP contribution in [0.4, 0.5) is 5.69 Å². The van der Waals surface area contributed by atoms with Crippen LogP contribution >= 0.6 is 11.6 Å². The van der Waals surface area contributed by atoms with E-state index in [4.69, 9.17) is 16.3 Å². The Hall–Kier alpha value is -2.09. The second-order valence-corrected chi connectivity index (χ2v) is 8.58. The summed E-state index contributed by atoms with van der Waals surface area (Å²) in [7, 11) is -2.33. The quantitative estimate of drug-likeness (QED) is 0.849. The predicted octanol–water partition coefficient (Wildman–Crippen LogP) is 4.04. The number of hydrogen-bond donors (Lipinski definition) is 1. The Morgan fingerprint density at radius 2 is 1.92 bits per heavy atom. The molecule has 1 heterocycles. The summed E-state index contributed by atoms with van der Waals surface area (Å²) < 4.78 is 32.6. The third kappa shape index (κ3) is 3.30. The number of amides is 1. The van der Waals surface area contributed by atoms with E-state index >= 15 is 0 Å². The Balaban J connectivity index is 2.12. The molecular formula is C18H19ClN2O4S. The van der Waals surface area contributed by atoms with Gasteiger partial charge >= 0.3 is 0 Å². The highest BCUT2D eigenvalue weighted by Crippen LogP contribution is 2.39. The van der Waals surface area contributed by atoms with Crippen LogP contribution in [0.25, 0.3) is 0 Å². The standard InChI is InChI=1S/C18H19ClN2O4S/c1-4-7-21(3)26(23,24)17-9-12-15(10-13(17)19)25-16-8-11(2)5-6-14(16)20-18(12)22/h5-6,8-10H,4,7H2,1-3H3,(H,20,22). The average Bonchev–Trinajstić information content (AvgIpc) is 2.69. The van der Waals surface area contributed by atoms with Crippen molar-refractivity contribution in [2.45, 2.75) is 25.2 Å². The molecule has 0 atom stereocenters. The van der Waals surface area contributed by atoms with Crippen molar-refractivity contribution in [3.05, 3.63) is 46.5 Å². The molecule has 0 radical (unpaired) electrons. The number of fused-ring (bicyclic) bond motifs is 2. The fourth-order valence-corrected chi connectivity index (χ4v) is 4.50. The zero-order valence-electron chi connectivity index (χ0n) is 14.7. The van der Waals surface area contributed by atoms with Crippen molar-refractivity contribution >= 4 is 33.2 Å². The number of halogens is 1. The summed E-state index contributed by atoms with van der Waals surface area (Å²) >= 11 is 6.23. The minimum absolute atomic E-state index is 0.00982. The van der Waals surface area contributed by atoms with Crippen molar-refractivity contribution in [2.75, 3.05) is 18.9 Å². The van der Waals surface area contributed by atoms with E-state index in [1.165, 1.54) is 23.5 Å². The van der Waals surface area contributed by atoms with Gasteiger partial charge in [0.15, 0.2) is 5.75 Å². The zero-order chi connectivity index (χ0) is 19.1. The number of aryl methyl sites for hydroxylation is 1. The van der Waals surface area contributed by atoms with Gasteiger partial charge in [0.05, 0.1) is 16.3 Å². The second-order valence-electron chi connectivity index (χ2n) is 6.16. The van der Waals surface area contributed by atoms with Gasteiger partial charge in [-0.05, 0) is 37.1 Å². The van der Waals surface area contributed by atoms with E-state index in [2.05, 4.69) is 5.32 Å². The van der Waals surface area contributed by atoms with E-state index in [0.29, 0.717) is 24.4 Å². The van der Waals surface area contributed by atoms with Crippen LogP contribution in [0.15, 0.2) is 35.2 Å². The molecule has 1 amide bonds. The highest BCUT2D eigenvalue weighted by Gasteiger charge is 2.29. The van der Waals surface area contributed by atoms with Crippen molar-refractivity contribution in [2.24, 2.45) is 0 Å². The van der Waals surface area contributed by atoms with Gasteiger partial charge in [-0.3, -0.25) is 4.79 Å². The molecule has 6 nitrogen and oxygen atoms in total. The van der Waals surface area contributed by atoms with Crippen molar-refractivity contribution in [1.82, 2.24) is 4.31 Å². The Morgan fingerprint density at radius 3 is 2.62 bits per heavy atom. The van der Waals surface area contributed by atoms with Gasteiger partial charge in [-0.1, -0.05) is 24.6 Å². The molecule has 3 rings (SSSR count). The number of ether oxygens (including phenoxy) is 1. The lowest BCUT2D eigenvalue weighted by Gasteiger charge is -2.18. The second kappa shape index (κ2) is 6.90. The van der Waals surface area contributed by atoms with Gasteiger partial charge in [0.25, 0.3) is 5.91 Å². The molecule has 0 unspecified atom stereocenters. The molecule has 0 saturated heterocycles. The summed E-state index contributed by atoms with van der Waals surface area (Å²) in [5.41, 5.74) is 1.60. The number of anilines is 1. The summed E-state index contributed by atoms with van der Waals surface area (Å²) in [6, 6.07) is 8.02. The van der Waals surface area contributed by atoms with Crippen LogP contribution < -0.4 is 10.1 Å². The first-order valence-corrected chi connectivity index (χ1v) is 9.95. The summed E-state index contributed by atoms with van der Waals surface area (Å²) in [6.45, 7) is 4.14. The van der Waals surface area contributed by atoms with Crippen molar-refractivity contribution in [1.29, 1.82) is 0 Å². The molecule has 1 N–H and O–H groups in total. The molecule has 8 heteroatoms. The minimum atomic E-state index is -3.81. The third-order valence-electron chi connectivity index (χ3n) is 4.11. The molecular weight excluding hydrogens is 376 g/mol. The molecule has 1 aliphatic heterocycles. The fraction of sp³-hybridized carbons (Fsp3) is 0.278. The molecule has 26 heavy (non-hydrogen) atoms.